The van der Waals surface area contributed by atoms with Crippen molar-refractivity contribution in [2.24, 2.45) is 5.41 Å². The van der Waals surface area contributed by atoms with Gasteiger partial charge in [-0.2, -0.15) is 11.3 Å². The SMILES string of the molecule is OCCC1(CNCc2ccsc2)CC1. The number of hydrogen-bond acceptors (Lipinski definition) is 3. The minimum absolute atomic E-state index is 0.333. The quantitative estimate of drug-likeness (QED) is 0.754. The zero-order valence-electron chi connectivity index (χ0n) is 8.33. The first-order valence-corrected chi connectivity index (χ1v) is 6.12. The minimum atomic E-state index is 0.333. The second-order valence-electron chi connectivity index (χ2n) is 4.21. The predicted molar refractivity (Wildman–Crippen MR) is 59.4 cm³/mol. The first-order chi connectivity index (χ1) is 6.85. The highest BCUT2D eigenvalue weighted by molar-refractivity contribution is 7.07. The van der Waals surface area contributed by atoms with E-state index in [0.29, 0.717) is 12.0 Å². The molecule has 2 rings (SSSR count). The monoisotopic (exact) mass is 211 g/mol. The van der Waals surface area contributed by atoms with E-state index in [1.54, 1.807) is 11.3 Å². The first-order valence-electron chi connectivity index (χ1n) is 5.17. The van der Waals surface area contributed by atoms with Crippen molar-refractivity contribution >= 4 is 11.3 Å². The fourth-order valence-corrected chi connectivity index (χ4v) is 2.46. The standard InChI is InChI=1S/C11H17NOS/c13-5-4-11(2-3-11)9-12-7-10-1-6-14-8-10/h1,6,8,12-13H,2-5,7,9H2. The molecule has 0 amide bonds. The number of thiophene rings is 1. The maximum absolute atomic E-state index is 8.90. The lowest BCUT2D eigenvalue weighted by Gasteiger charge is -2.13. The molecule has 1 aliphatic carbocycles. The summed E-state index contributed by atoms with van der Waals surface area (Å²) in [4.78, 5) is 0. The van der Waals surface area contributed by atoms with Gasteiger partial charge in [-0.1, -0.05) is 0 Å². The van der Waals surface area contributed by atoms with E-state index in [4.69, 9.17) is 5.11 Å². The van der Waals surface area contributed by atoms with E-state index in [9.17, 15) is 0 Å². The van der Waals surface area contributed by atoms with Crippen LogP contribution in [0.15, 0.2) is 16.8 Å². The summed E-state index contributed by atoms with van der Waals surface area (Å²) in [5, 5.41) is 16.7. The summed E-state index contributed by atoms with van der Waals surface area (Å²) in [6.45, 7) is 2.36. The van der Waals surface area contributed by atoms with Crippen LogP contribution in [0, 0.1) is 5.41 Å². The molecule has 0 saturated heterocycles. The van der Waals surface area contributed by atoms with Gasteiger partial charge in [0.2, 0.25) is 0 Å². The fraction of sp³-hybridized carbons (Fsp3) is 0.636. The van der Waals surface area contributed by atoms with Crippen molar-refractivity contribution < 1.29 is 5.11 Å². The number of aliphatic hydroxyl groups excluding tert-OH is 1. The number of aliphatic hydroxyl groups is 1. The van der Waals surface area contributed by atoms with Crippen LogP contribution in [-0.4, -0.2) is 18.3 Å². The van der Waals surface area contributed by atoms with Gasteiger partial charge in [0.25, 0.3) is 0 Å². The van der Waals surface area contributed by atoms with E-state index in [1.165, 1.54) is 18.4 Å². The molecule has 1 aliphatic rings. The van der Waals surface area contributed by atoms with E-state index in [0.717, 1.165) is 19.5 Å². The lowest BCUT2D eigenvalue weighted by Crippen LogP contribution is -2.24. The highest BCUT2D eigenvalue weighted by Gasteiger charge is 2.41. The summed E-state index contributed by atoms with van der Waals surface area (Å²) in [5.74, 6) is 0. The van der Waals surface area contributed by atoms with Gasteiger partial charge in [0.15, 0.2) is 0 Å². The maximum atomic E-state index is 8.90. The Morgan fingerprint density at radius 3 is 2.93 bits per heavy atom. The van der Waals surface area contributed by atoms with Crippen molar-refractivity contribution in [3.8, 4) is 0 Å². The second kappa shape index (κ2) is 4.43. The third kappa shape index (κ3) is 2.56. The van der Waals surface area contributed by atoms with Gasteiger partial charge in [-0.15, -0.1) is 0 Å². The van der Waals surface area contributed by atoms with Crippen LogP contribution in [0.3, 0.4) is 0 Å². The summed E-state index contributed by atoms with van der Waals surface area (Å²) >= 11 is 1.74. The summed E-state index contributed by atoms with van der Waals surface area (Å²) in [6, 6.07) is 2.16. The summed E-state index contributed by atoms with van der Waals surface area (Å²) < 4.78 is 0. The van der Waals surface area contributed by atoms with Crippen molar-refractivity contribution in [1.29, 1.82) is 0 Å². The first kappa shape index (κ1) is 10.1. The average molecular weight is 211 g/mol. The average Bonchev–Trinajstić information content (AvgIpc) is 2.75. The van der Waals surface area contributed by atoms with Crippen molar-refractivity contribution in [2.45, 2.75) is 25.8 Å². The number of rotatable bonds is 6. The van der Waals surface area contributed by atoms with E-state index in [-0.39, 0.29) is 0 Å². The van der Waals surface area contributed by atoms with Crippen molar-refractivity contribution in [3.63, 3.8) is 0 Å². The molecule has 0 aromatic carbocycles. The molecule has 78 valence electrons. The van der Waals surface area contributed by atoms with Crippen LogP contribution < -0.4 is 5.32 Å². The molecule has 0 unspecified atom stereocenters. The summed E-state index contributed by atoms with van der Waals surface area (Å²) in [6.07, 6.45) is 3.53. The van der Waals surface area contributed by atoms with Crippen molar-refractivity contribution in [2.75, 3.05) is 13.2 Å². The Morgan fingerprint density at radius 1 is 1.50 bits per heavy atom. The van der Waals surface area contributed by atoms with Gasteiger partial charge in [0.05, 0.1) is 0 Å². The molecular weight excluding hydrogens is 194 g/mol. The normalized spacial score (nSPS) is 18.4. The minimum Gasteiger partial charge on any atom is -0.396 e. The summed E-state index contributed by atoms with van der Waals surface area (Å²) in [7, 11) is 0. The van der Waals surface area contributed by atoms with Crippen LogP contribution >= 0.6 is 11.3 Å². The Balaban J connectivity index is 1.68. The van der Waals surface area contributed by atoms with Crippen molar-refractivity contribution in [1.82, 2.24) is 5.32 Å². The van der Waals surface area contributed by atoms with Crippen LogP contribution in [-0.2, 0) is 6.54 Å². The molecule has 1 fully saturated rings. The van der Waals surface area contributed by atoms with Gasteiger partial charge < -0.3 is 10.4 Å². The molecule has 0 radical (unpaired) electrons. The molecule has 1 aromatic heterocycles. The highest BCUT2D eigenvalue weighted by Crippen LogP contribution is 2.47. The molecule has 0 atom stereocenters. The van der Waals surface area contributed by atoms with Gasteiger partial charge in [0, 0.05) is 19.7 Å². The lowest BCUT2D eigenvalue weighted by molar-refractivity contribution is 0.245. The van der Waals surface area contributed by atoms with E-state index >= 15 is 0 Å². The van der Waals surface area contributed by atoms with Gasteiger partial charge in [-0.05, 0) is 47.1 Å². The Labute approximate surface area is 89.0 Å². The third-order valence-electron chi connectivity index (χ3n) is 3.01. The van der Waals surface area contributed by atoms with Crippen LogP contribution in [0.25, 0.3) is 0 Å². The molecule has 2 nitrogen and oxygen atoms in total. The lowest BCUT2D eigenvalue weighted by atomic mass is 10.0. The molecule has 3 heteroatoms. The van der Waals surface area contributed by atoms with Gasteiger partial charge >= 0.3 is 0 Å². The smallest absolute Gasteiger partial charge is 0.0436 e. The zero-order chi connectivity index (χ0) is 9.86. The number of hydrogen-bond donors (Lipinski definition) is 2. The Hall–Kier alpha value is -0.380. The van der Waals surface area contributed by atoms with Crippen LogP contribution in [0.5, 0.6) is 0 Å². The van der Waals surface area contributed by atoms with E-state index < -0.39 is 0 Å². The van der Waals surface area contributed by atoms with E-state index in [1.807, 2.05) is 0 Å². The predicted octanol–water partition coefficient (Wildman–Crippen LogP) is 2.00. The van der Waals surface area contributed by atoms with Gasteiger partial charge in [-0.25, -0.2) is 0 Å². The molecule has 1 saturated carbocycles. The molecular formula is C11H17NOS. The molecule has 0 spiro atoms. The molecule has 1 heterocycles. The highest BCUT2D eigenvalue weighted by atomic mass is 32.1. The molecule has 2 N–H and O–H groups in total. The maximum Gasteiger partial charge on any atom is 0.0436 e. The second-order valence-corrected chi connectivity index (χ2v) is 4.99. The van der Waals surface area contributed by atoms with Crippen LogP contribution in [0.2, 0.25) is 0 Å². The van der Waals surface area contributed by atoms with Crippen molar-refractivity contribution in [3.05, 3.63) is 22.4 Å². The van der Waals surface area contributed by atoms with E-state index in [2.05, 4.69) is 22.1 Å². The Kier molecular flexibility index (Phi) is 3.21. The van der Waals surface area contributed by atoms with Gasteiger partial charge in [-0.3, -0.25) is 0 Å². The molecule has 1 aromatic rings. The van der Waals surface area contributed by atoms with Crippen LogP contribution in [0.1, 0.15) is 24.8 Å². The zero-order valence-corrected chi connectivity index (χ0v) is 9.15. The summed E-state index contributed by atoms with van der Waals surface area (Å²) in [5.41, 5.74) is 1.81. The van der Waals surface area contributed by atoms with Gasteiger partial charge in [0.1, 0.15) is 0 Å². The fourth-order valence-electron chi connectivity index (χ4n) is 1.79. The topological polar surface area (TPSA) is 32.3 Å². The molecule has 0 aliphatic heterocycles. The van der Waals surface area contributed by atoms with Crippen LogP contribution in [0.4, 0.5) is 0 Å². The number of nitrogens with one attached hydrogen (secondary N) is 1. The largest absolute Gasteiger partial charge is 0.396 e. The third-order valence-corrected chi connectivity index (χ3v) is 3.74. The Bertz CT molecular complexity index is 267. The Morgan fingerprint density at radius 2 is 2.36 bits per heavy atom. The molecule has 14 heavy (non-hydrogen) atoms. The molecule has 0 bridgehead atoms.